The first-order valence-electron chi connectivity index (χ1n) is 6.59. The first-order chi connectivity index (χ1) is 7.82. The first kappa shape index (κ1) is 11.5. The van der Waals surface area contributed by atoms with Gasteiger partial charge in [0.2, 0.25) is 0 Å². The highest BCUT2D eigenvalue weighted by Gasteiger charge is 2.70. The molecule has 3 aliphatic rings. The van der Waals surface area contributed by atoms with Crippen LogP contribution in [0.2, 0.25) is 0 Å². The number of allylic oxidation sites excluding steroid dienone is 3. The largest absolute Gasteiger partial charge is 0.386 e. The van der Waals surface area contributed by atoms with Gasteiger partial charge in [0.1, 0.15) is 11.7 Å². The molecule has 1 fully saturated rings. The van der Waals surface area contributed by atoms with Crippen LogP contribution in [-0.2, 0) is 4.74 Å². The summed E-state index contributed by atoms with van der Waals surface area (Å²) in [5.41, 5.74) is 0.922. The maximum atomic E-state index is 10.3. The molecule has 94 valence electrons. The fourth-order valence-electron chi connectivity index (χ4n) is 3.71. The van der Waals surface area contributed by atoms with Crippen LogP contribution in [0.1, 0.15) is 40.5 Å². The Morgan fingerprint density at radius 1 is 1.35 bits per heavy atom. The van der Waals surface area contributed by atoms with Gasteiger partial charge in [0.05, 0.1) is 5.60 Å². The zero-order chi connectivity index (χ0) is 12.5. The van der Waals surface area contributed by atoms with Gasteiger partial charge in [-0.3, -0.25) is 0 Å². The van der Waals surface area contributed by atoms with Gasteiger partial charge < -0.3 is 9.84 Å². The lowest BCUT2D eigenvalue weighted by Gasteiger charge is -2.46. The quantitative estimate of drug-likeness (QED) is 0.654. The summed E-state index contributed by atoms with van der Waals surface area (Å²) in [5, 5.41) is 10.3. The minimum absolute atomic E-state index is 0.155. The van der Waals surface area contributed by atoms with E-state index < -0.39 is 6.10 Å². The van der Waals surface area contributed by atoms with Crippen LogP contribution in [0.15, 0.2) is 23.8 Å². The number of aliphatic hydroxyl groups excluding tert-OH is 1. The van der Waals surface area contributed by atoms with Gasteiger partial charge in [0, 0.05) is 0 Å². The van der Waals surface area contributed by atoms with E-state index in [4.69, 9.17) is 4.74 Å². The molecule has 0 bridgehead atoms. The summed E-state index contributed by atoms with van der Waals surface area (Å²) in [6.45, 7) is 8.79. The molecular weight excluding hydrogens is 212 g/mol. The maximum absolute atomic E-state index is 10.3. The average Bonchev–Trinajstić information content (AvgIpc) is 2.75. The van der Waals surface area contributed by atoms with Crippen molar-refractivity contribution >= 4 is 0 Å². The monoisotopic (exact) mass is 234 g/mol. The van der Waals surface area contributed by atoms with Crippen molar-refractivity contribution in [2.45, 2.75) is 57.8 Å². The number of hydrogen-bond donors (Lipinski definition) is 1. The molecule has 17 heavy (non-hydrogen) atoms. The Morgan fingerprint density at radius 2 is 2.00 bits per heavy atom. The first-order valence-corrected chi connectivity index (χ1v) is 6.59. The van der Waals surface area contributed by atoms with Gasteiger partial charge in [-0.1, -0.05) is 26.0 Å². The second-order valence-corrected chi connectivity index (χ2v) is 6.70. The van der Waals surface area contributed by atoms with Gasteiger partial charge in [-0.25, -0.2) is 0 Å². The lowest BCUT2D eigenvalue weighted by Crippen LogP contribution is -2.47. The molecule has 0 aromatic heterocycles. The third-order valence-electron chi connectivity index (χ3n) is 5.39. The SMILES string of the molecule is C[C@@H]1CC=CC2=C[C@H](O)C3(C[C@]21C)OC3(C)C. The van der Waals surface area contributed by atoms with Gasteiger partial charge in [0.15, 0.2) is 0 Å². The molecule has 0 aromatic rings. The summed E-state index contributed by atoms with van der Waals surface area (Å²) in [5.74, 6) is 0.614. The Hall–Kier alpha value is -0.600. The van der Waals surface area contributed by atoms with Gasteiger partial charge in [0.25, 0.3) is 0 Å². The van der Waals surface area contributed by atoms with E-state index in [0.29, 0.717) is 5.92 Å². The Kier molecular flexibility index (Phi) is 2.06. The second kappa shape index (κ2) is 3.04. The molecule has 0 saturated carbocycles. The lowest BCUT2D eigenvalue weighted by molar-refractivity contribution is 0.0489. The van der Waals surface area contributed by atoms with Crippen molar-refractivity contribution in [1.82, 2.24) is 0 Å². The third kappa shape index (κ3) is 1.28. The lowest BCUT2D eigenvalue weighted by atomic mass is 9.58. The van der Waals surface area contributed by atoms with E-state index in [2.05, 4.69) is 39.8 Å². The average molecular weight is 234 g/mol. The molecule has 1 heterocycles. The number of hydrogen-bond acceptors (Lipinski definition) is 2. The van der Waals surface area contributed by atoms with Crippen LogP contribution in [0, 0.1) is 11.3 Å². The molecule has 3 rings (SSSR count). The van der Waals surface area contributed by atoms with Gasteiger partial charge in [-0.2, -0.15) is 0 Å². The van der Waals surface area contributed by atoms with Crippen LogP contribution in [-0.4, -0.2) is 22.4 Å². The Morgan fingerprint density at radius 3 is 2.59 bits per heavy atom. The van der Waals surface area contributed by atoms with Crippen LogP contribution in [0.25, 0.3) is 0 Å². The fourth-order valence-corrected chi connectivity index (χ4v) is 3.71. The van der Waals surface area contributed by atoms with Crippen LogP contribution in [0.3, 0.4) is 0 Å². The molecule has 1 saturated heterocycles. The molecule has 4 atom stereocenters. The van der Waals surface area contributed by atoms with Crippen molar-refractivity contribution in [3.63, 3.8) is 0 Å². The summed E-state index contributed by atoms with van der Waals surface area (Å²) >= 11 is 0. The highest BCUT2D eigenvalue weighted by Crippen LogP contribution is 2.62. The normalized spacial score (nSPS) is 51.0. The van der Waals surface area contributed by atoms with Crippen molar-refractivity contribution in [2.24, 2.45) is 11.3 Å². The molecule has 0 radical (unpaired) electrons. The third-order valence-corrected chi connectivity index (χ3v) is 5.39. The van der Waals surface area contributed by atoms with E-state index in [-0.39, 0.29) is 16.6 Å². The van der Waals surface area contributed by atoms with Crippen molar-refractivity contribution in [1.29, 1.82) is 0 Å². The smallest absolute Gasteiger partial charge is 0.127 e. The van der Waals surface area contributed by atoms with E-state index in [0.717, 1.165) is 12.8 Å². The minimum Gasteiger partial charge on any atom is -0.386 e. The molecule has 1 spiro atoms. The zero-order valence-electron chi connectivity index (χ0n) is 11.2. The molecule has 0 aromatic carbocycles. The highest BCUT2D eigenvalue weighted by molar-refractivity contribution is 5.39. The number of aliphatic hydroxyl groups is 1. The Bertz CT molecular complexity index is 421. The fraction of sp³-hybridized carbons (Fsp3) is 0.733. The van der Waals surface area contributed by atoms with Crippen molar-refractivity contribution in [2.75, 3.05) is 0 Å². The Labute approximate surface area is 103 Å². The Balaban J connectivity index is 2.05. The highest BCUT2D eigenvalue weighted by atomic mass is 16.6. The predicted octanol–water partition coefficient (Wildman–Crippen LogP) is 2.83. The molecule has 2 nitrogen and oxygen atoms in total. The number of ether oxygens (including phenoxy) is 1. The maximum Gasteiger partial charge on any atom is 0.127 e. The molecule has 1 N–H and O–H groups in total. The molecule has 2 heteroatoms. The standard InChI is InChI=1S/C15H22O2/c1-10-6-5-7-11-8-12(16)15(9-14(10,11)4)13(2,3)17-15/h5,7-8,10,12,16H,6,9H2,1-4H3/t10-,12+,14+,15?/m1/s1. The van der Waals surface area contributed by atoms with Gasteiger partial charge >= 0.3 is 0 Å². The summed E-state index contributed by atoms with van der Waals surface area (Å²) < 4.78 is 5.89. The summed E-state index contributed by atoms with van der Waals surface area (Å²) in [4.78, 5) is 0. The zero-order valence-corrected chi connectivity index (χ0v) is 11.2. The molecule has 0 amide bonds. The number of rotatable bonds is 0. The van der Waals surface area contributed by atoms with E-state index in [1.165, 1.54) is 5.57 Å². The van der Waals surface area contributed by atoms with Crippen molar-refractivity contribution in [3.05, 3.63) is 23.8 Å². The van der Waals surface area contributed by atoms with Crippen LogP contribution in [0.5, 0.6) is 0 Å². The number of fused-ring (bicyclic) bond motifs is 1. The van der Waals surface area contributed by atoms with Crippen molar-refractivity contribution < 1.29 is 9.84 Å². The molecule has 1 aliphatic heterocycles. The second-order valence-electron chi connectivity index (χ2n) is 6.70. The van der Waals surface area contributed by atoms with Crippen LogP contribution >= 0.6 is 0 Å². The molecule has 2 aliphatic carbocycles. The van der Waals surface area contributed by atoms with E-state index >= 15 is 0 Å². The van der Waals surface area contributed by atoms with E-state index in [1.54, 1.807) is 0 Å². The minimum atomic E-state index is -0.462. The van der Waals surface area contributed by atoms with Crippen molar-refractivity contribution in [3.8, 4) is 0 Å². The summed E-state index contributed by atoms with van der Waals surface area (Å²) in [6.07, 6.45) is 8.03. The summed E-state index contributed by atoms with van der Waals surface area (Å²) in [6, 6.07) is 0. The van der Waals surface area contributed by atoms with Gasteiger partial charge in [-0.05, 0) is 49.7 Å². The summed E-state index contributed by atoms with van der Waals surface area (Å²) in [7, 11) is 0. The molecular formula is C15H22O2. The molecule has 1 unspecified atom stereocenters. The van der Waals surface area contributed by atoms with Crippen LogP contribution in [0.4, 0.5) is 0 Å². The van der Waals surface area contributed by atoms with E-state index in [9.17, 15) is 5.11 Å². The van der Waals surface area contributed by atoms with Crippen LogP contribution < -0.4 is 0 Å². The topological polar surface area (TPSA) is 32.8 Å². The van der Waals surface area contributed by atoms with Gasteiger partial charge in [-0.15, -0.1) is 0 Å². The predicted molar refractivity (Wildman–Crippen MR) is 67.6 cm³/mol. The van der Waals surface area contributed by atoms with E-state index in [1.807, 2.05) is 6.08 Å². The number of epoxide rings is 1.